The van der Waals surface area contributed by atoms with Gasteiger partial charge in [-0.1, -0.05) is 17.7 Å². The second-order valence-electron chi connectivity index (χ2n) is 7.31. The lowest BCUT2D eigenvalue weighted by molar-refractivity contribution is -0.145. The molecule has 1 aliphatic rings. The van der Waals surface area contributed by atoms with Crippen molar-refractivity contribution in [3.63, 3.8) is 0 Å². The van der Waals surface area contributed by atoms with Gasteiger partial charge in [0.25, 0.3) is 11.1 Å². The van der Waals surface area contributed by atoms with Crippen molar-refractivity contribution in [2.24, 2.45) is 0 Å². The number of hydrogen-bond donors (Lipinski definition) is 1. The molecule has 0 aliphatic carbocycles. The number of nitrogens with zero attached hydrogens (tertiary/aromatic N) is 1. The molecule has 0 bridgehead atoms. The van der Waals surface area contributed by atoms with E-state index in [4.69, 9.17) is 14.2 Å². The van der Waals surface area contributed by atoms with Crippen LogP contribution in [0.25, 0.3) is 6.08 Å². The summed E-state index contributed by atoms with van der Waals surface area (Å²) in [4.78, 5) is 50.3. The molecule has 11 heteroatoms. The third-order valence-electron chi connectivity index (χ3n) is 4.70. The molecular formula is C24H23IN2O7S. The number of hydrogen-bond acceptors (Lipinski definition) is 8. The van der Waals surface area contributed by atoms with Crippen LogP contribution in [0.1, 0.15) is 18.1 Å². The number of thioether (sulfide) groups is 1. The summed E-state index contributed by atoms with van der Waals surface area (Å²) in [6.45, 7) is 3.21. The SMILES string of the molecule is CCOC(=O)COc1c(I)cc(C=C2SC(=O)N(CC(=O)Nc3ccc(C)cc3)C2=O)cc1OC. The van der Waals surface area contributed by atoms with Gasteiger partial charge in [-0.2, -0.15) is 0 Å². The molecule has 1 N–H and O–H groups in total. The molecule has 9 nitrogen and oxygen atoms in total. The summed E-state index contributed by atoms with van der Waals surface area (Å²) in [5.74, 6) is -0.828. The summed E-state index contributed by atoms with van der Waals surface area (Å²) in [5.41, 5.74) is 2.21. The van der Waals surface area contributed by atoms with Gasteiger partial charge in [0, 0.05) is 5.69 Å². The molecule has 1 saturated heterocycles. The smallest absolute Gasteiger partial charge is 0.344 e. The van der Waals surface area contributed by atoms with Crippen LogP contribution in [-0.2, 0) is 19.1 Å². The number of aryl methyl sites for hydroxylation is 1. The molecule has 1 fully saturated rings. The van der Waals surface area contributed by atoms with Crippen LogP contribution >= 0.6 is 34.4 Å². The van der Waals surface area contributed by atoms with Gasteiger partial charge in [-0.15, -0.1) is 0 Å². The Hall–Kier alpha value is -3.06. The van der Waals surface area contributed by atoms with Gasteiger partial charge < -0.3 is 19.5 Å². The Bertz CT molecular complexity index is 1180. The monoisotopic (exact) mass is 610 g/mol. The average molecular weight is 610 g/mol. The Morgan fingerprint density at radius 3 is 2.54 bits per heavy atom. The van der Waals surface area contributed by atoms with Crippen LogP contribution in [0.4, 0.5) is 10.5 Å². The molecule has 3 rings (SSSR count). The number of benzene rings is 2. The van der Waals surface area contributed by atoms with Crippen molar-refractivity contribution < 1.29 is 33.4 Å². The van der Waals surface area contributed by atoms with Gasteiger partial charge in [0.1, 0.15) is 6.54 Å². The standard InChI is InChI=1S/C24H23IN2O7S/c1-4-33-21(29)13-34-22-17(25)9-15(10-18(22)32-3)11-19-23(30)27(24(31)35-19)12-20(28)26-16-7-5-14(2)6-8-16/h5-11H,4,12-13H2,1-3H3,(H,26,28). The molecule has 1 heterocycles. The van der Waals surface area contributed by atoms with Crippen LogP contribution in [-0.4, -0.2) is 54.8 Å². The first-order valence-electron chi connectivity index (χ1n) is 10.5. The topological polar surface area (TPSA) is 111 Å². The van der Waals surface area contributed by atoms with Crippen molar-refractivity contribution >= 4 is 69.1 Å². The molecule has 0 unspecified atom stereocenters. The number of methoxy groups -OCH3 is 1. The lowest BCUT2D eigenvalue weighted by Crippen LogP contribution is -2.36. The minimum atomic E-state index is -0.560. The summed E-state index contributed by atoms with van der Waals surface area (Å²) in [6, 6.07) is 10.5. The van der Waals surface area contributed by atoms with E-state index in [1.807, 2.05) is 41.6 Å². The molecule has 3 amide bonds. The second-order valence-corrected chi connectivity index (χ2v) is 9.47. The van der Waals surface area contributed by atoms with E-state index in [0.29, 0.717) is 26.3 Å². The molecule has 0 aromatic heterocycles. The van der Waals surface area contributed by atoms with Crippen molar-refractivity contribution in [1.82, 2.24) is 4.90 Å². The first-order valence-corrected chi connectivity index (χ1v) is 12.4. The first-order chi connectivity index (χ1) is 16.7. The van der Waals surface area contributed by atoms with Gasteiger partial charge in [0.05, 0.1) is 22.2 Å². The Morgan fingerprint density at radius 2 is 1.89 bits per heavy atom. The predicted molar refractivity (Wildman–Crippen MR) is 140 cm³/mol. The van der Waals surface area contributed by atoms with Gasteiger partial charge in [0.15, 0.2) is 18.1 Å². The number of carbonyl (C=O) groups is 4. The summed E-state index contributed by atoms with van der Waals surface area (Å²) in [5, 5.41) is 2.15. The minimum absolute atomic E-state index is 0.177. The van der Waals surface area contributed by atoms with E-state index in [1.54, 1.807) is 37.3 Å². The zero-order valence-corrected chi connectivity index (χ0v) is 22.2. The number of carbonyl (C=O) groups excluding carboxylic acids is 4. The van der Waals surface area contributed by atoms with Crippen molar-refractivity contribution in [1.29, 1.82) is 0 Å². The number of imide groups is 1. The highest BCUT2D eigenvalue weighted by Gasteiger charge is 2.36. The normalized spacial score (nSPS) is 14.3. The quantitative estimate of drug-likeness (QED) is 0.255. The molecule has 0 atom stereocenters. The zero-order chi connectivity index (χ0) is 25.5. The third kappa shape index (κ3) is 6.98. The first kappa shape index (κ1) is 26.5. The van der Waals surface area contributed by atoms with E-state index >= 15 is 0 Å². The Balaban J connectivity index is 1.72. The van der Waals surface area contributed by atoms with Crippen LogP contribution in [0.2, 0.25) is 0 Å². The number of esters is 1. The maximum Gasteiger partial charge on any atom is 0.344 e. The van der Waals surface area contributed by atoms with Gasteiger partial charge >= 0.3 is 5.97 Å². The van der Waals surface area contributed by atoms with Crippen LogP contribution in [0, 0.1) is 10.5 Å². The largest absolute Gasteiger partial charge is 0.493 e. The van der Waals surface area contributed by atoms with Gasteiger partial charge in [-0.05, 0) is 84.1 Å². The van der Waals surface area contributed by atoms with Crippen molar-refractivity contribution in [3.05, 3.63) is 56.0 Å². The Labute approximate surface area is 220 Å². The lowest BCUT2D eigenvalue weighted by Gasteiger charge is -2.13. The van der Waals surface area contributed by atoms with E-state index in [-0.39, 0.29) is 18.1 Å². The fourth-order valence-electron chi connectivity index (χ4n) is 3.07. The van der Waals surface area contributed by atoms with E-state index in [1.165, 1.54) is 7.11 Å². The molecular weight excluding hydrogens is 587 g/mol. The number of anilines is 1. The molecule has 35 heavy (non-hydrogen) atoms. The number of halogens is 1. The number of nitrogens with one attached hydrogen (secondary N) is 1. The minimum Gasteiger partial charge on any atom is -0.493 e. The van der Waals surface area contributed by atoms with E-state index in [0.717, 1.165) is 22.2 Å². The van der Waals surface area contributed by atoms with Crippen LogP contribution in [0.15, 0.2) is 41.3 Å². The van der Waals surface area contributed by atoms with Crippen LogP contribution < -0.4 is 14.8 Å². The molecule has 1 aliphatic heterocycles. The number of rotatable bonds is 9. The summed E-state index contributed by atoms with van der Waals surface area (Å²) < 4.78 is 16.4. The summed E-state index contributed by atoms with van der Waals surface area (Å²) in [6.07, 6.45) is 1.54. The van der Waals surface area contributed by atoms with Crippen molar-refractivity contribution in [3.8, 4) is 11.5 Å². The third-order valence-corrected chi connectivity index (χ3v) is 6.41. The lowest BCUT2D eigenvalue weighted by atomic mass is 10.2. The summed E-state index contributed by atoms with van der Waals surface area (Å²) in [7, 11) is 1.45. The van der Waals surface area contributed by atoms with Crippen molar-refractivity contribution in [2.45, 2.75) is 13.8 Å². The van der Waals surface area contributed by atoms with Gasteiger partial charge in [-0.3, -0.25) is 19.3 Å². The fraction of sp³-hybridized carbons (Fsp3) is 0.250. The molecule has 2 aromatic rings. The van der Waals surface area contributed by atoms with E-state index < -0.39 is 29.6 Å². The molecule has 2 aromatic carbocycles. The Morgan fingerprint density at radius 1 is 1.17 bits per heavy atom. The molecule has 0 spiro atoms. The fourth-order valence-corrected chi connectivity index (χ4v) is 4.69. The zero-order valence-electron chi connectivity index (χ0n) is 19.3. The molecule has 0 radical (unpaired) electrons. The summed E-state index contributed by atoms with van der Waals surface area (Å²) >= 11 is 2.78. The highest BCUT2D eigenvalue weighted by Crippen LogP contribution is 2.37. The predicted octanol–water partition coefficient (Wildman–Crippen LogP) is 4.23. The van der Waals surface area contributed by atoms with Gasteiger partial charge in [-0.25, -0.2) is 4.79 Å². The number of ether oxygens (including phenoxy) is 3. The van der Waals surface area contributed by atoms with Gasteiger partial charge in [0.2, 0.25) is 5.91 Å². The van der Waals surface area contributed by atoms with E-state index in [2.05, 4.69) is 5.32 Å². The molecule has 0 saturated carbocycles. The maximum atomic E-state index is 12.8. The molecule has 184 valence electrons. The highest BCUT2D eigenvalue weighted by molar-refractivity contribution is 14.1. The number of amides is 3. The van der Waals surface area contributed by atoms with E-state index in [9.17, 15) is 19.2 Å². The average Bonchev–Trinajstić information content (AvgIpc) is 3.07. The second kappa shape index (κ2) is 12.1. The highest BCUT2D eigenvalue weighted by atomic mass is 127. The van der Waals surface area contributed by atoms with Crippen LogP contribution in [0.5, 0.6) is 11.5 Å². The van der Waals surface area contributed by atoms with Crippen molar-refractivity contribution in [2.75, 3.05) is 32.2 Å². The maximum absolute atomic E-state index is 12.8. The van der Waals surface area contributed by atoms with Crippen LogP contribution in [0.3, 0.4) is 0 Å². The Kier molecular flexibility index (Phi) is 9.15.